The molecule has 3 rings (SSSR count). The second-order valence-electron chi connectivity index (χ2n) is 4.35. The summed E-state index contributed by atoms with van der Waals surface area (Å²) in [4.78, 5) is 5.47. The lowest BCUT2D eigenvalue weighted by Crippen LogP contribution is -2.26. The van der Waals surface area contributed by atoms with Gasteiger partial charge < -0.3 is 9.88 Å². The van der Waals surface area contributed by atoms with Gasteiger partial charge in [-0.05, 0) is 24.7 Å². The van der Waals surface area contributed by atoms with Gasteiger partial charge in [0.15, 0.2) is 5.82 Å². The molecule has 0 saturated carbocycles. The van der Waals surface area contributed by atoms with Crippen LogP contribution in [0, 0.1) is 5.82 Å². The van der Waals surface area contributed by atoms with Crippen LogP contribution in [0.15, 0.2) is 12.1 Å². The van der Waals surface area contributed by atoms with Crippen LogP contribution in [0.4, 0.5) is 4.39 Å². The molecule has 1 aromatic carbocycles. The molecular weight excluding hydrogens is 227 g/mol. The average Bonchev–Trinajstić information content (AvgIpc) is 2.62. The van der Waals surface area contributed by atoms with Crippen LogP contribution in [0.3, 0.4) is 0 Å². The van der Waals surface area contributed by atoms with E-state index in [1.165, 1.54) is 0 Å². The summed E-state index contributed by atoms with van der Waals surface area (Å²) >= 11 is 5.82. The normalized spacial score (nSPS) is 16.7. The number of rotatable bonds is 0. The molecule has 0 atom stereocenters. The largest absolute Gasteiger partial charge is 0.358 e. The summed E-state index contributed by atoms with van der Waals surface area (Å²) in [7, 11) is 2.05. The van der Waals surface area contributed by atoms with Gasteiger partial charge in [0, 0.05) is 36.1 Å². The second kappa shape index (κ2) is 3.47. The fourth-order valence-corrected chi connectivity index (χ4v) is 2.54. The van der Waals surface area contributed by atoms with Crippen LogP contribution in [0.25, 0.3) is 10.9 Å². The van der Waals surface area contributed by atoms with Crippen molar-refractivity contribution in [2.24, 2.45) is 0 Å². The van der Waals surface area contributed by atoms with E-state index >= 15 is 0 Å². The minimum Gasteiger partial charge on any atom is -0.358 e. The third-order valence-electron chi connectivity index (χ3n) is 3.22. The molecule has 1 aliphatic rings. The highest BCUT2D eigenvalue weighted by molar-refractivity contribution is 6.31. The van der Waals surface area contributed by atoms with E-state index in [0.29, 0.717) is 5.39 Å². The number of nitrogens with one attached hydrogen (secondary N) is 1. The van der Waals surface area contributed by atoms with Crippen LogP contribution < -0.4 is 0 Å². The van der Waals surface area contributed by atoms with Crippen molar-refractivity contribution in [3.63, 3.8) is 0 Å². The molecule has 1 aromatic heterocycles. The molecule has 84 valence electrons. The Hall–Kier alpha value is -1.06. The van der Waals surface area contributed by atoms with Gasteiger partial charge in [0.1, 0.15) is 0 Å². The number of aromatic amines is 1. The van der Waals surface area contributed by atoms with E-state index in [1.54, 1.807) is 6.07 Å². The van der Waals surface area contributed by atoms with Crippen molar-refractivity contribution in [2.75, 3.05) is 13.6 Å². The maximum absolute atomic E-state index is 14.0. The van der Waals surface area contributed by atoms with Gasteiger partial charge in [-0.25, -0.2) is 4.39 Å². The number of aromatic nitrogens is 1. The first kappa shape index (κ1) is 10.1. The van der Waals surface area contributed by atoms with Gasteiger partial charge in [-0.2, -0.15) is 0 Å². The monoisotopic (exact) mass is 238 g/mol. The Bertz CT molecular complexity index is 562. The van der Waals surface area contributed by atoms with Gasteiger partial charge in [0.25, 0.3) is 0 Å². The van der Waals surface area contributed by atoms with Crippen LogP contribution in [0.1, 0.15) is 11.3 Å². The molecule has 2 nitrogen and oxygen atoms in total. The minimum absolute atomic E-state index is 0.197. The fourth-order valence-electron chi connectivity index (χ4n) is 2.38. The van der Waals surface area contributed by atoms with E-state index in [0.717, 1.165) is 36.3 Å². The van der Waals surface area contributed by atoms with Crippen LogP contribution >= 0.6 is 11.6 Å². The smallest absolute Gasteiger partial charge is 0.151 e. The molecule has 0 amide bonds. The van der Waals surface area contributed by atoms with E-state index in [-0.39, 0.29) is 10.8 Å². The van der Waals surface area contributed by atoms with Crippen molar-refractivity contribution >= 4 is 22.5 Å². The molecule has 0 saturated heterocycles. The van der Waals surface area contributed by atoms with Gasteiger partial charge in [0.05, 0.1) is 5.02 Å². The Morgan fingerprint density at radius 3 is 3.06 bits per heavy atom. The Morgan fingerprint density at radius 2 is 2.25 bits per heavy atom. The van der Waals surface area contributed by atoms with E-state index < -0.39 is 0 Å². The predicted molar refractivity (Wildman–Crippen MR) is 63.3 cm³/mol. The van der Waals surface area contributed by atoms with Gasteiger partial charge in [-0.1, -0.05) is 11.6 Å². The molecular formula is C12H12ClFN2. The average molecular weight is 239 g/mol. The summed E-state index contributed by atoms with van der Waals surface area (Å²) in [5, 5.41) is 0.858. The fraction of sp³-hybridized carbons (Fsp3) is 0.333. The highest BCUT2D eigenvalue weighted by atomic mass is 35.5. The van der Waals surface area contributed by atoms with Crippen LogP contribution in [-0.4, -0.2) is 23.5 Å². The van der Waals surface area contributed by atoms with E-state index in [9.17, 15) is 4.39 Å². The first-order chi connectivity index (χ1) is 7.66. The van der Waals surface area contributed by atoms with Gasteiger partial charge in [-0.15, -0.1) is 0 Å². The lowest BCUT2D eigenvalue weighted by atomic mass is 10.0. The van der Waals surface area contributed by atoms with Crippen molar-refractivity contribution in [3.05, 3.63) is 34.2 Å². The Balaban J connectivity index is 2.32. The quantitative estimate of drug-likeness (QED) is 0.748. The number of H-pyrrole nitrogens is 1. The zero-order valence-corrected chi connectivity index (χ0v) is 9.74. The van der Waals surface area contributed by atoms with E-state index in [4.69, 9.17) is 11.6 Å². The summed E-state index contributed by atoms with van der Waals surface area (Å²) in [6, 6.07) is 3.45. The van der Waals surface area contributed by atoms with Crippen LogP contribution in [-0.2, 0) is 13.0 Å². The molecule has 0 bridgehead atoms. The number of likely N-dealkylation sites (N-methyl/N-ethyl adjacent to an activating group) is 1. The van der Waals surface area contributed by atoms with Gasteiger partial charge in [0.2, 0.25) is 0 Å². The summed E-state index contributed by atoms with van der Waals surface area (Å²) in [5.74, 6) is -0.299. The lowest BCUT2D eigenvalue weighted by molar-refractivity contribution is 0.312. The molecule has 16 heavy (non-hydrogen) atoms. The van der Waals surface area contributed by atoms with Crippen molar-refractivity contribution in [2.45, 2.75) is 13.0 Å². The highest BCUT2D eigenvalue weighted by Gasteiger charge is 2.21. The minimum atomic E-state index is -0.299. The zero-order chi connectivity index (χ0) is 11.3. The number of hydrogen-bond acceptors (Lipinski definition) is 1. The Morgan fingerprint density at radius 1 is 1.44 bits per heavy atom. The SMILES string of the molecule is CN1CCc2[nH]c3ccc(Cl)c(F)c3c2C1. The first-order valence-electron chi connectivity index (χ1n) is 5.33. The maximum Gasteiger partial charge on any atom is 0.151 e. The molecule has 0 aliphatic carbocycles. The Kier molecular flexibility index (Phi) is 2.19. The summed E-state index contributed by atoms with van der Waals surface area (Å²) < 4.78 is 14.0. The Labute approximate surface area is 98.0 Å². The van der Waals surface area contributed by atoms with Crippen molar-refractivity contribution in [1.29, 1.82) is 0 Å². The molecule has 0 radical (unpaired) electrons. The maximum atomic E-state index is 14.0. The number of fused-ring (bicyclic) bond motifs is 3. The second-order valence-corrected chi connectivity index (χ2v) is 4.76. The van der Waals surface area contributed by atoms with E-state index in [1.807, 2.05) is 13.1 Å². The number of benzene rings is 1. The summed E-state index contributed by atoms with van der Waals surface area (Å²) in [5.41, 5.74) is 3.06. The first-order valence-corrected chi connectivity index (χ1v) is 5.70. The number of halogens is 2. The molecule has 4 heteroatoms. The standard InChI is InChI=1S/C12H12ClFN2/c1-16-5-4-9-7(6-16)11-10(15-9)3-2-8(13)12(11)14/h2-3,15H,4-6H2,1H3. The molecule has 1 aliphatic heterocycles. The molecule has 0 unspecified atom stereocenters. The lowest BCUT2D eigenvalue weighted by Gasteiger charge is -2.22. The summed E-state index contributed by atoms with van der Waals surface area (Å²) in [6.07, 6.45) is 0.942. The van der Waals surface area contributed by atoms with Crippen molar-refractivity contribution < 1.29 is 4.39 Å². The van der Waals surface area contributed by atoms with Crippen LogP contribution in [0.2, 0.25) is 5.02 Å². The molecule has 0 fully saturated rings. The van der Waals surface area contributed by atoms with Crippen molar-refractivity contribution in [3.8, 4) is 0 Å². The third-order valence-corrected chi connectivity index (χ3v) is 3.51. The summed E-state index contributed by atoms with van der Waals surface area (Å²) in [6.45, 7) is 1.79. The zero-order valence-electron chi connectivity index (χ0n) is 8.98. The molecule has 2 heterocycles. The number of hydrogen-bond donors (Lipinski definition) is 1. The molecule has 2 aromatic rings. The predicted octanol–water partition coefficient (Wildman–Crippen LogP) is 2.95. The molecule has 0 spiro atoms. The molecule has 1 N–H and O–H groups in total. The topological polar surface area (TPSA) is 19.0 Å². The van der Waals surface area contributed by atoms with Gasteiger partial charge in [-0.3, -0.25) is 0 Å². The van der Waals surface area contributed by atoms with E-state index in [2.05, 4.69) is 9.88 Å². The number of nitrogens with zero attached hydrogens (tertiary/aromatic N) is 1. The third kappa shape index (κ3) is 1.35. The van der Waals surface area contributed by atoms with Gasteiger partial charge >= 0.3 is 0 Å². The van der Waals surface area contributed by atoms with Crippen LogP contribution in [0.5, 0.6) is 0 Å². The highest BCUT2D eigenvalue weighted by Crippen LogP contribution is 2.32. The van der Waals surface area contributed by atoms with Crippen molar-refractivity contribution in [1.82, 2.24) is 9.88 Å².